The minimum Gasteiger partial charge on any atom is -0.312 e. The Bertz CT molecular complexity index is 550. The molecule has 1 aromatic heterocycles. The van der Waals surface area contributed by atoms with Gasteiger partial charge >= 0.3 is 0 Å². The maximum Gasteiger partial charge on any atom is 0.252 e. The van der Waals surface area contributed by atoms with E-state index in [2.05, 4.69) is 18.8 Å². The predicted molar refractivity (Wildman–Crippen MR) is 90.3 cm³/mol. The summed E-state index contributed by atoms with van der Waals surface area (Å²) in [4.78, 5) is 1.10. The molecule has 1 N–H and O–H groups in total. The molecule has 0 radical (unpaired) electrons. The normalized spacial score (nSPS) is 12.0. The van der Waals surface area contributed by atoms with Gasteiger partial charge < -0.3 is 5.32 Å². The third-order valence-electron chi connectivity index (χ3n) is 3.26. The molecule has 0 fully saturated rings. The van der Waals surface area contributed by atoms with E-state index in [0.29, 0.717) is 10.8 Å². The number of nitrogens with one attached hydrogen (secondary N) is 1. The Labute approximate surface area is 132 Å². The number of thiophene rings is 1. The van der Waals surface area contributed by atoms with Gasteiger partial charge in [-0.3, -0.25) is 0 Å². The van der Waals surface area contributed by atoms with Crippen LogP contribution in [0.4, 0.5) is 0 Å². The van der Waals surface area contributed by atoms with Gasteiger partial charge in [-0.2, -0.15) is 0 Å². The van der Waals surface area contributed by atoms with Crippen LogP contribution in [0.5, 0.6) is 0 Å². The first-order chi connectivity index (χ1) is 9.93. The molecule has 0 saturated heterocycles. The number of rotatable bonds is 10. The van der Waals surface area contributed by atoms with Crippen molar-refractivity contribution in [3.63, 3.8) is 0 Å². The summed E-state index contributed by atoms with van der Waals surface area (Å²) in [6, 6.07) is 1.78. The highest BCUT2D eigenvalue weighted by atomic mass is 32.2. The summed E-state index contributed by atoms with van der Waals surface area (Å²) >= 11 is 1.37. The zero-order valence-electron chi connectivity index (χ0n) is 13.2. The van der Waals surface area contributed by atoms with Crippen molar-refractivity contribution >= 4 is 21.4 Å². The van der Waals surface area contributed by atoms with Gasteiger partial charge in [-0.1, -0.05) is 13.0 Å². The van der Waals surface area contributed by atoms with Crippen molar-refractivity contribution < 1.29 is 8.42 Å². The van der Waals surface area contributed by atoms with E-state index in [1.54, 1.807) is 13.1 Å². The highest BCUT2D eigenvalue weighted by Gasteiger charge is 2.23. The Hall–Kier alpha value is -0.690. The predicted octanol–water partition coefficient (Wildman–Crippen LogP) is 3.14. The molecule has 1 rings (SSSR count). The molecule has 21 heavy (non-hydrogen) atoms. The molecule has 0 spiro atoms. The second-order valence-electron chi connectivity index (χ2n) is 5.11. The zero-order chi connectivity index (χ0) is 15.9. The molecule has 0 aliphatic rings. The summed E-state index contributed by atoms with van der Waals surface area (Å²) in [5.41, 5.74) is 1.04. The van der Waals surface area contributed by atoms with E-state index in [4.69, 9.17) is 0 Å². The van der Waals surface area contributed by atoms with Crippen LogP contribution in [-0.4, -0.2) is 32.9 Å². The van der Waals surface area contributed by atoms with E-state index in [-0.39, 0.29) is 0 Å². The highest BCUT2D eigenvalue weighted by molar-refractivity contribution is 7.91. The number of nitrogens with zero attached hydrogens (tertiary/aromatic N) is 1. The van der Waals surface area contributed by atoms with Crippen LogP contribution in [0.25, 0.3) is 0 Å². The fourth-order valence-electron chi connectivity index (χ4n) is 1.90. The topological polar surface area (TPSA) is 49.4 Å². The van der Waals surface area contributed by atoms with Crippen molar-refractivity contribution in [3.05, 3.63) is 29.2 Å². The molecule has 0 aliphatic carbocycles. The fourth-order valence-corrected chi connectivity index (χ4v) is 4.88. The van der Waals surface area contributed by atoms with Gasteiger partial charge in [0.2, 0.25) is 0 Å². The molecule has 0 atom stereocenters. The molecule has 4 nitrogen and oxygen atoms in total. The lowest BCUT2D eigenvalue weighted by Crippen LogP contribution is -2.27. The van der Waals surface area contributed by atoms with Crippen molar-refractivity contribution in [3.8, 4) is 0 Å². The van der Waals surface area contributed by atoms with Crippen LogP contribution in [0.3, 0.4) is 0 Å². The van der Waals surface area contributed by atoms with E-state index in [0.717, 1.165) is 42.8 Å². The highest BCUT2D eigenvalue weighted by Crippen LogP contribution is 2.28. The molecule has 0 aliphatic heterocycles. The van der Waals surface area contributed by atoms with Gasteiger partial charge in [0.15, 0.2) is 0 Å². The molecule has 0 amide bonds. The summed E-state index contributed by atoms with van der Waals surface area (Å²) in [7, 11) is -1.72. The minimum absolute atomic E-state index is 0.439. The number of hydrogen-bond acceptors (Lipinski definition) is 4. The summed E-state index contributed by atoms with van der Waals surface area (Å²) in [6.45, 7) is 9.94. The molecule has 0 unspecified atom stereocenters. The van der Waals surface area contributed by atoms with Crippen LogP contribution in [-0.2, 0) is 16.6 Å². The van der Waals surface area contributed by atoms with Gasteiger partial charge in [-0.15, -0.1) is 17.9 Å². The molecular formula is C15H26N2O2S2. The smallest absolute Gasteiger partial charge is 0.252 e. The monoisotopic (exact) mass is 330 g/mol. The lowest BCUT2D eigenvalue weighted by atomic mass is 10.3. The van der Waals surface area contributed by atoms with Crippen molar-refractivity contribution in [2.24, 2.45) is 0 Å². The maximum atomic E-state index is 12.5. The van der Waals surface area contributed by atoms with E-state index >= 15 is 0 Å². The van der Waals surface area contributed by atoms with E-state index in [1.807, 2.05) is 13.0 Å². The molecule has 1 aromatic rings. The minimum atomic E-state index is -3.36. The number of aryl methyl sites for hydroxylation is 1. The number of hydrogen-bond donors (Lipinski definition) is 1. The SMILES string of the molecule is C=CCCCN(C)S(=O)(=O)c1cc(C)c(CNCCC)s1. The number of sulfonamides is 1. The van der Waals surface area contributed by atoms with E-state index in [9.17, 15) is 8.42 Å². The van der Waals surface area contributed by atoms with Crippen molar-refractivity contribution in [1.82, 2.24) is 9.62 Å². The average molecular weight is 331 g/mol. The van der Waals surface area contributed by atoms with Gasteiger partial charge in [0.1, 0.15) is 4.21 Å². The number of unbranched alkanes of at least 4 members (excludes halogenated alkanes) is 1. The van der Waals surface area contributed by atoms with Gasteiger partial charge in [0.05, 0.1) is 0 Å². The van der Waals surface area contributed by atoms with E-state index in [1.165, 1.54) is 15.6 Å². The van der Waals surface area contributed by atoms with Gasteiger partial charge in [0, 0.05) is 25.0 Å². The second-order valence-corrected chi connectivity index (χ2v) is 8.51. The Balaban J connectivity index is 2.78. The summed E-state index contributed by atoms with van der Waals surface area (Å²) < 4.78 is 26.9. The largest absolute Gasteiger partial charge is 0.312 e. The van der Waals surface area contributed by atoms with Crippen LogP contribution < -0.4 is 5.32 Å². The summed E-state index contributed by atoms with van der Waals surface area (Å²) in [5, 5.41) is 3.32. The van der Waals surface area contributed by atoms with Crippen LogP contribution >= 0.6 is 11.3 Å². The summed E-state index contributed by atoms with van der Waals surface area (Å²) in [6.07, 6.45) is 4.51. The third kappa shape index (κ3) is 5.21. The lowest BCUT2D eigenvalue weighted by molar-refractivity contribution is 0.464. The fraction of sp³-hybridized carbons (Fsp3) is 0.600. The Kier molecular flexibility index (Phi) is 7.59. The van der Waals surface area contributed by atoms with Crippen molar-refractivity contribution in [2.75, 3.05) is 20.1 Å². The summed E-state index contributed by atoms with van der Waals surface area (Å²) in [5.74, 6) is 0. The average Bonchev–Trinajstić information content (AvgIpc) is 2.81. The maximum absolute atomic E-state index is 12.5. The molecule has 120 valence electrons. The third-order valence-corrected chi connectivity index (χ3v) is 6.80. The molecule has 6 heteroatoms. The quantitative estimate of drug-likeness (QED) is 0.529. The Morgan fingerprint density at radius 2 is 2.19 bits per heavy atom. The first-order valence-electron chi connectivity index (χ1n) is 7.30. The van der Waals surface area contributed by atoms with Gasteiger partial charge in [-0.05, 0) is 44.4 Å². The molecule has 0 bridgehead atoms. The van der Waals surface area contributed by atoms with Crippen molar-refractivity contribution in [1.29, 1.82) is 0 Å². The van der Waals surface area contributed by atoms with Gasteiger partial charge in [0.25, 0.3) is 10.0 Å². The van der Waals surface area contributed by atoms with Crippen LogP contribution in [0.1, 0.15) is 36.6 Å². The first-order valence-corrected chi connectivity index (χ1v) is 9.56. The molecule has 1 heterocycles. The van der Waals surface area contributed by atoms with Crippen LogP contribution in [0, 0.1) is 6.92 Å². The second kappa shape index (κ2) is 8.68. The molecule has 0 saturated carbocycles. The molecule has 0 aromatic carbocycles. The van der Waals surface area contributed by atoms with Crippen LogP contribution in [0.15, 0.2) is 22.9 Å². The van der Waals surface area contributed by atoms with E-state index < -0.39 is 10.0 Å². The number of allylic oxidation sites excluding steroid dienone is 1. The Morgan fingerprint density at radius 1 is 1.48 bits per heavy atom. The lowest BCUT2D eigenvalue weighted by Gasteiger charge is -2.15. The first kappa shape index (κ1) is 18.4. The zero-order valence-corrected chi connectivity index (χ0v) is 14.8. The van der Waals surface area contributed by atoms with Gasteiger partial charge in [-0.25, -0.2) is 12.7 Å². The molecular weight excluding hydrogens is 304 g/mol. The van der Waals surface area contributed by atoms with Crippen molar-refractivity contribution in [2.45, 2.75) is 43.9 Å². The van der Waals surface area contributed by atoms with Crippen LogP contribution in [0.2, 0.25) is 0 Å². The standard InChI is InChI=1S/C15H26N2O2S2/c1-5-7-8-10-17(4)21(18,19)15-11-13(3)14(20-15)12-16-9-6-2/h5,11,16H,1,6-10,12H2,2-4H3. The Morgan fingerprint density at radius 3 is 2.81 bits per heavy atom.